The molecule has 1 fully saturated rings. The van der Waals surface area contributed by atoms with Crippen molar-refractivity contribution in [3.05, 3.63) is 53.6 Å². The van der Waals surface area contributed by atoms with Gasteiger partial charge in [0, 0.05) is 12.0 Å². The minimum Gasteiger partial charge on any atom is -0.493 e. The molecule has 0 spiro atoms. The van der Waals surface area contributed by atoms with Crippen LogP contribution in [0.25, 0.3) is 0 Å². The Morgan fingerprint density at radius 1 is 1.05 bits per heavy atom. The molecule has 0 bridgehead atoms. The number of nitrogens with one attached hydrogen (secondary N) is 1. The lowest BCUT2D eigenvalue weighted by Crippen LogP contribution is -2.53. The van der Waals surface area contributed by atoms with Crippen LogP contribution in [-0.2, 0) is 30.3 Å². The summed E-state index contributed by atoms with van der Waals surface area (Å²) in [5.41, 5.74) is 2.22. The molecule has 11 heteroatoms. The second-order valence-corrected chi connectivity index (χ2v) is 11.1. The molecule has 1 unspecified atom stereocenters. The summed E-state index contributed by atoms with van der Waals surface area (Å²) in [7, 11) is 3.11. The number of amides is 2. The van der Waals surface area contributed by atoms with Crippen molar-refractivity contribution in [3.63, 3.8) is 0 Å². The molecule has 0 radical (unpaired) electrons. The van der Waals surface area contributed by atoms with Gasteiger partial charge < -0.3 is 23.8 Å². The average molecular weight is 615 g/mol. The maximum atomic E-state index is 13.7. The summed E-state index contributed by atoms with van der Waals surface area (Å²) in [5.74, 6) is -0.973. The number of ether oxygens (including phenoxy) is 4. The summed E-state index contributed by atoms with van der Waals surface area (Å²) in [6.45, 7) is 5.21. The van der Waals surface area contributed by atoms with E-state index in [9.17, 15) is 19.2 Å². The molecule has 242 valence electrons. The van der Waals surface area contributed by atoms with Gasteiger partial charge in [-0.2, -0.15) is 0 Å². The number of methoxy groups -OCH3 is 2. The monoisotopic (exact) mass is 614 g/mol. The van der Waals surface area contributed by atoms with Crippen LogP contribution in [-0.4, -0.2) is 67.1 Å². The van der Waals surface area contributed by atoms with Gasteiger partial charge in [-0.1, -0.05) is 46.4 Å². The highest BCUT2D eigenvalue weighted by Gasteiger charge is 2.41. The summed E-state index contributed by atoms with van der Waals surface area (Å²) < 4.78 is 22.3. The van der Waals surface area contributed by atoms with Crippen LogP contribution in [0.2, 0.25) is 0 Å². The fraction of sp³-hybridized carbons (Fsp3) is 0.515. The van der Waals surface area contributed by atoms with Gasteiger partial charge in [0.1, 0.15) is 17.9 Å². The molecule has 1 heterocycles. The number of carbonyl (C=O) groups excluding carboxylic acids is 4. The fourth-order valence-corrected chi connectivity index (χ4v) is 4.83. The van der Waals surface area contributed by atoms with Crippen LogP contribution in [0.3, 0.4) is 0 Å². The van der Waals surface area contributed by atoms with Gasteiger partial charge in [-0.3, -0.25) is 19.6 Å². The standard InChI is InChI=1S/C32H42N2O9.CH4/c1-6-32(2,3)29(36)30(37)34-17-8-7-12-24(34)31(38)43-25(15-13-21-14-16-26(40-4)27(18-21)41-5)22-10-9-11-23(19-22)42-20-28(35)33-39;/h9-11,14,16,18-19,24-25,39H,6-8,12-13,15,17,20H2,1-5H3,(H,33,35);1H4/t24?,25-;/m1./s1. The third kappa shape index (κ3) is 9.19. The van der Waals surface area contributed by atoms with Crippen molar-refractivity contribution >= 4 is 23.6 Å². The molecule has 2 aromatic rings. The first-order valence-corrected chi connectivity index (χ1v) is 14.5. The molecule has 2 aromatic carbocycles. The van der Waals surface area contributed by atoms with E-state index in [0.29, 0.717) is 61.5 Å². The predicted molar refractivity (Wildman–Crippen MR) is 164 cm³/mol. The first kappa shape index (κ1) is 36.1. The molecule has 1 aliphatic heterocycles. The van der Waals surface area contributed by atoms with Crippen molar-refractivity contribution in [2.45, 2.75) is 78.9 Å². The molecular formula is C33H46N2O9. The van der Waals surface area contributed by atoms with E-state index in [4.69, 9.17) is 24.2 Å². The third-order valence-corrected chi connectivity index (χ3v) is 7.85. The number of hydrogen-bond acceptors (Lipinski definition) is 9. The molecular weight excluding hydrogens is 568 g/mol. The number of esters is 1. The third-order valence-electron chi connectivity index (χ3n) is 7.85. The minimum absolute atomic E-state index is 0. The van der Waals surface area contributed by atoms with Crippen molar-refractivity contribution < 1.29 is 43.3 Å². The molecule has 3 rings (SSSR count). The van der Waals surface area contributed by atoms with E-state index in [2.05, 4.69) is 0 Å². The summed E-state index contributed by atoms with van der Waals surface area (Å²) in [5, 5.41) is 8.78. The maximum absolute atomic E-state index is 13.7. The Hall–Kier alpha value is -4.12. The smallest absolute Gasteiger partial charge is 0.329 e. The second-order valence-electron chi connectivity index (χ2n) is 11.1. The van der Waals surface area contributed by atoms with Crippen LogP contribution in [0.5, 0.6) is 17.2 Å². The van der Waals surface area contributed by atoms with E-state index in [1.54, 1.807) is 58.4 Å². The first-order valence-electron chi connectivity index (χ1n) is 14.5. The number of piperidine rings is 1. The second kappa shape index (κ2) is 16.7. The number of rotatable bonds is 14. The van der Waals surface area contributed by atoms with E-state index in [1.165, 1.54) is 10.4 Å². The van der Waals surface area contributed by atoms with Gasteiger partial charge in [0.25, 0.3) is 11.8 Å². The maximum Gasteiger partial charge on any atom is 0.329 e. The number of Topliss-reactive ketones (excluding diaryl/α,β-unsaturated/α-hetero) is 1. The van der Waals surface area contributed by atoms with Crippen molar-refractivity contribution in [1.82, 2.24) is 10.4 Å². The lowest BCUT2D eigenvalue weighted by molar-refractivity contribution is -0.164. The Kier molecular flexibility index (Phi) is 13.7. The average Bonchev–Trinajstić information content (AvgIpc) is 3.04. The summed E-state index contributed by atoms with van der Waals surface area (Å²) in [6.07, 6.45) is 2.46. The van der Waals surface area contributed by atoms with Crippen LogP contribution < -0.4 is 19.7 Å². The Labute approximate surface area is 259 Å². The Morgan fingerprint density at radius 3 is 2.43 bits per heavy atom. The van der Waals surface area contributed by atoms with Crippen LogP contribution in [0.1, 0.15) is 77.5 Å². The molecule has 2 atom stereocenters. The molecule has 0 saturated carbocycles. The number of aryl methyl sites for hydroxylation is 1. The lowest BCUT2D eigenvalue weighted by atomic mass is 9.84. The molecule has 2 amide bonds. The number of nitrogens with zero attached hydrogens (tertiary/aromatic N) is 1. The Morgan fingerprint density at radius 2 is 1.77 bits per heavy atom. The number of hydroxylamine groups is 1. The van der Waals surface area contributed by atoms with Gasteiger partial charge in [-0.25, -0.2) is 10.3 Å². The number of likely N-dealkylation sites (tertiary alicyclic amines) is 1. The summed E-state index contributed by atoms with van der Waals surface area (Å²) in [4.78, 5) is 52.8. The highest BCUT2D eigenvalue weighted by Crippen LogP contribution is 2.32. The van der Waals surface area contributed by atoms with Crippen molar-refractivity contribution in [2.24, 2.45) is 5.41 Å². The Bertz CT molecular complexity index is 1290. The zero-order chi connectivity index (χ0) is 31.6. The first-order chi connectivity index (χ1) is 20.5. The zero-order valence-corrected chi connectivity index (χ0v) is 25.5. The summed E-state index contributed by atoms with van der Waals surface area (Å²) in [6, 6.07) is 11.5. The molecule has 2 N–H and O–H groups in total. The molecule has 1 aliphatic rings. The summed E-state index contributed by atoms with van der Waals surface area (Å²) >= 11 is 0. The predicted octanol–water partition coefficient (Wildman–Crippen LogP) is 4.83. The van der Waals surface area contributed by atoms with Crippen LogP contribution in [0.15, 0.2) is 42.5 Å². The van der Waals surface area contributed by atoms with Gasteiger partial charge in [-0.15, -0.1) is 0 Å². The molecule has 1 saturated heterocycles. The van der Waals surface area contributed by atoms with Crippen LogP contribution >= 0.6 is 0 Å². The van der Waals surface area contributed by atoms with E-state index in [0.717, 1.165) is 12.0 Å². The van der Waals surface area contributed by atoms with Gasteiger partial charge >= 0.3 is 5.97 Å². The van der Waals surface area contributed by atoms with Crippen molar-refractivity contribution in [2.75, 3.05) is 27.4 Å². The van der Waals surface area contributed by atoms with E-state index < -0.39 is 47.7 Å². The highest BCUT2D eigenvalue weighted by atomic mass is 16.5. The normalized spacial score (nSPS) is 15.3. The molecule has 0 aliphatic carbocycles. The Balaban J connectivity index is 0.00000675. The van der Waals surface area contributed by atoms with E-state index >= 15 is 0 Å². The van der Waals surface area contributed by atoms with Crippen LogP contribution in [0, 0.1) is 5.41 Å². The highest BCUT2D eigenvalue weighted by molar-refractivity contribution is 6.38. The lowest BCUT2D eigenvalue weighted by Gasteiger charge is -2.36. The van der Waals surface area contributed by atoms with Gasteiger partial charge in [0.05, 0.1) is 14.2 Å². The van der Waals surface area contributed by atoms with Gasteiger partial charge in [0.2, 0.25) is 5.78 Å². The van der Waals surface area contributed by atoms with Gasteiger partial charge in [0.15, 0.2) is 18.1 Å². The van der Waals surface area contributed by atoms with Crippen LogP contribution in [0.4, 0.5) is 0 Å². The molecule has 11 nitrogen and oxygen atoms in total. The number of ketones is 1. The quantitative estimate of drug-likeness (QED) is 0.133. The zero-order valence-electron chi connectivity index (χ0n) is 25.5. The van der Waals surface area contributed by atoms with E-state index in [1.807, 2.05) is 19.1 Å². The molecule has 44 heavy (non-hydrogen) atoms. The number of carbonyl (C=O) groups is 4. The topological polar surface area (TPSA) is 141 Å². The van der Waals surface area contributed by atoms with Crippen molar-refractivity contribution in [1.29, 1.82) is 0 Å². The van der Waals surface area contributed by atoms with E-state index in [-0.39, 0.29) is 7.43 Å². The number of hydrogen-bond donors (Lipinski definition) is 2. The number of benzene rings is 2. The minimum atomic E-state index is -0.880. The molecule has 0 aromatic heterocycles. The SMILES string of the molecule is C.CCC(C)(C)C(=O)C(=O)N1CCCCC1C(=O)O[C@H](CCc1ccc(OC)c(OC)c1)c1cccc(OCC(=O)NO)c1. The van der Waals surface area contributed by atoms with Crippen molar-refractivity contribution in [3.8, 4) is 17.2 Å². The largest absolute Gasteiger partial charge is 0.493 e. The van der Waals surface area contributed by atoms with Gasteiger partial charge in [-0.05, 0) is 73.9 Å². The fourth-order valence-electron chi connectivity index (χ4n) is 4.83.